The Morgan fingerprint density at radius 3 is 2.28 bits per heavy atom. The fraction of sp³-hybridized carbons (Fsp3) is 0.727. The van der Waals surface area contributed by atoms with Gasteiger partial charge in [-0.25, -0.2) is 0 Å². The molecule has 0 bridgehead atoms. The third-order valence-corrected chi connectivity index (χ3v) is 5.13. The van der Waals surface area contributed by atoms with Crippen molar-refractivity contribution in [2.24, 2.45) is 11.1 Å². The third kappa shape index (κ3) is 10.6. The first-order valence-electron chi connectivity index (χ1n) is 10.5. The number of hydrogen-bond donors (Lipinski definition) is 3. The monoisotopic (exact) mass is 491 g/mol. The van der Waals surface area contributed by atoms with Gasteiger partial charge < -0.3 is 19.3 Å². The summed E-state index contributed by atoms with van der Waals surface area (Å²) in [7, 11) is 0. The smallest absolute Gasteiger partial charge is 0.157 e. The second kappa shape index (κ2) is 15.6. The Labute approximate surface area is 190 Å². The number of hydrogen-bond acceptors (Lipinski definition) is 6. The first kappa shape index (κ1) is 26.9. The number of benzene rings is 1. The van der Waals surface area contributed by atoms with Gasteiger partial charge >= 0.3 is 0 Å². The lowest BCUT2D eigenvalue weighted by Crippen LogP contribution is -2.25. The van der Waals surface area contributed by atoms with Crippen LogP contribution in [0.5, 0.6) is 0 Å². The topological polar surface area (TPSA) is 73.9 Å². The number of ether oxygens (including phenoxy) is 3. The minimum atomic E-state index is -0.487. The maximum atomic E-state index is 10.7. The number of thiol groups is 1. The highest BCUT2D eigenvalue weighted by molar-refractivity contribution is 9.10. The molecule has 2 heterocycles. The fourth-order valence-corrected chi connectivity index (χ4v) is 3.75. The van der Waals surface area contributed by atoms with Crippen LogP contribution < -0.4 is 5.14 Å². The average molecular weight is 493 g/mol. The predicted molar refractivity (Wildman–Crippen MR) is 125 cm³/mol. The molecule has 29 heavy (non-hydrogen) atoms. The van der Waals surface area contributed by atoms with Crippen molar-refractivity contribution in [2.75, 3.05) is 26.4 Å². The Balaban J connectivity index is 0.000000627. The number of aliphatic hydroxyl groups is 1. The van der Waals surface area contributed by atoms with E-state index in [1.165, 1.54) is 5.56 Å². The van der Waals surface area contributed by atoms with Gasteiger partial charge in [-0.05, 0) is 60.8 Å². The first-order chi connectivity index (χ1) is 14.0. The minimum absolute atomic E-state index is 0.169. The molecule has 2 saturated heterocycles. The maximum Gasteiger partial charge on any atom is 0.157 e. The fourth-order valence-electron chi connectivity index (χ4n) is 3.37. The molecular formula is C22H38BrNO4S. The largest absolute Gasteiger partial charge is 0.388 e. The number of rotatable bonds is 5. The molecule has 0 radical (unpaired) electrons. The SMILES string of the molecule is CC(C)C.NS.OC(CCC1OCCCO1)c1cc(Br)ccc1C1CCOCC1. The molecule has 1 aromatic carbocycles. The quantitative estimate of drug-likeness (QED) is 0.482. The summed E-state index contributed by atoms with van der Waals surface area (Å²) in [6, 6.07) is 6.26. The van der Waals surface area contributed by atoms with Crippen LogP contribution in [0.15, 0.2) is 22.7 Å². The Bertz CT molecular complexity index is 547. The third-order valence-electron chi connectivity index (χ3n) is 4.64. The van der Waals surface area contributed by atoms with Gasteiger partial charge in [0.2, 0.25) is 0 Å². The second-order valence-corrected chi connectivity index (χ2v) is 8.93. The van der Waals surface area contributed by atoms with Gasteiger partial charge in [0, 0.05) is 24.1 Å². The second-order valence-electron chi connectivity index (χ2n) is 8.01. The summed E-state index contributed by atoms with van der Waals surface area (Å²) in [5.41, 5.74) is 2.29. The molecule has 0 saturated carbocycles. The van der Waals surface area contributed by atoms with Crippen LogP contribution in [0, 0.1) is 5.92 Å². The van der Waals surface area contributed by atoms with Crippen LogP contribution in [0.1, 0.15) is 76.0 Å². The highest BCUT2D eigenvalue weighted by atomic mass is 79.9. The minimum Gasteiger partial charge on any atom is -0.388 e. The van der Waals surface area contributed by atoms with Crippen LogP contribution in [0.25, 0.3) is 0 Å². The summed E-state index contributed by atoms with van der Waals surface area (Å²) in [6.45, 7) is 9.62. The van der Waals surface area contributed by atoms with E-state index < -0.39 is 6.10 Å². The lowest BCUT2D eigenvalue weighted by Gasteiger charge is -2.27. The average Bonchev–Trinajstić information content (AvgIpc) is 2.74. The molecule has 5 nitrogen and oxygen atoms in total. The van der Waals surface area contributed by atoms with E-state index in [0.717, 1.165) is 68.1 Å². The van der Waals surface area contributed by atoms with Crippen LogP contribution in [-0.4, -0.2) is 37.8 Å². The van der Waals surface area contributed by atoms with Crippen LogP contribution in [0.4, 0.5) is 0 Å². The van der Waals surface area contributed by atoms with Crippen molar-refractivity contribution >= 4 is 28.7 Å². The van der Waals surface area contributed by atoms with Crippen molar-refractivity contribution in [3.8, 4) is 0 Å². The Hall–Kier alpha value is -0.150. The van der Waals surface area contributed by atoms with Gasteiger partial charge in [-0.3, -0.25) is 5.14 Å². The van der Waals surface area contributed by atoms with Crippen LogP contribution in [0.3, 0.4) is 0 Å². The van der Waals surface area contributed by atoms with Crippen LogP contribution >= 0.6 is 28.7 Å². The molecule has 0 aliphatic carbocycles. The summed E-state index contributed by atoms with van der Waals surface area (Å²) in [4.78, 5) is 0. The number of halogens is 1. The zero-order chi connectivity index (χ0) is 21.6. The molecule has 3 rings (SSSR count). The summed E-state index contributed by atoms with van der Waals surface area (Å²) in [5, 5.41) is 14.9. The highest BCUT2D eigenvalue weighted by Crippen LogP contribution is 2.35. The summed E-state index contributed by atoms with van der Waals surface area (Å²) >= 11 is 6.56. The van der Waals surface area contributed by atoms with E-state index in [9.17, 15) is 5.11 Å². The maximum absolute atomic E-state index is 10.7. The summed E-state index contributed by atoms with van der Waals surface area (Å²) < 4.78 is 17.6. The first-order valence-corrected chi connectivity index (χ1v) is 11.8. The molecule has 7 heteroatoms. The van der Waals surface area contributed by atoms with Gasteiger partial charge in [-0.15, -0.1) is 12.8 Å². The molecule has 1 unspecified atom stereocenters. The highest BCUT2D eigenvalue weighted by Gasteiger charge is 2.23. The molecule has 168 valence electrons. The van der Waals surface area contributed by atoms with Crippen molar-refractivity contribution in [3.63, 3.8) is 0 Å². The molecule has 1 aromatic rings. The molecule has 2 fully saturated rings. The molecule has 0 spiro atoms. The summed E-state index contributed by atoms with van der Waals surface area (Å²) in [6.07, 6.45) is 3.72. The Morgan fingerprint density at radius 1 is 1.10 bits per heavy atom. The Morgan fingerprint density at radius 2 is 1.69 bits per heavy atom. The molecule has 2 aliphatic rings. The van der Waals surface area contributed by atoms with E-state index in [0.29, 0.717) is 12.3 Å². The van der Waals surface area contributed by atoms with Gasteiger partial charge in [0.05, 0.1) is 19.3 Å². The van der Waals surface area contributed by atoms with Gasteiger partial charge in [0.25, 0.3) is 0 Å². The molecule has 0 amide bonds. The number of aliphatic hydroxyl groups excluding tert-OH is 1. The van der Waals surface area contributed by atoms with Crippen LogP contribution in [-0.2, 0) is 14.2 Å². The number of nitrogens with two attached hydrogens (primary N) is 1. The predicted octanol–water partition coefficient (Wildman–Crippen LogP) is 5.37. The zero-order valence-electron chi connectivity index (χ0n) is 18.0. The van der Waals surface area contributed by atoms with E-state index in [1.807, 2.05) is 0 Å². The molecule has 2 aliphatic heterocycles. The van der Waals surface area contributed by atoms with Crippen molar-refractivity contribution < 1.29 is 19.3 Å². The van der Waals surface area contributed by atoms with Gasteiger partial charge in [0.15, 0.2) is 6.29 Å². The van der Waals surface area contributed by atoms with Crippen molar-refractivity contribution in [2.45, 2.75) is 71.2 Å². The van der Waals surface area contributed by atoms with Gasteiger partial charge in [-0.1, -0.05) is 42.8 Å². The molecular weight excluding hydrogens is 454 g/mol. The van der Waals surface area contributed by atoms with Crippen molar-refractivity contribution in [1.29, 1.82) is 0 Å². The van der Waals surface area contributed by atoms with Crippen molar-refractivity contribution in [1.82, 2.24) is 0 Å². The zero-order valence-corrected chi connectivity index (χ0v) is 20.5. The normalized spacial score (nSPS) is 19.0. The van der Waals surface area contributed by atoms with Gasteiger partial charge in [0.1, 0.15) is 0 Å². The standard InChI is InChI=1S/C18H25BrO4.C4H10.H3NS/c19-14-2-3-15(13-6-10-21-11-7-13)16(12-14)17(20)4-5-18-22-8-1-9-23-18;1-4(2)3;1-2/h2-3,12-13,17-18,20H,1,4-11H2;4H,1-3H3;2H,1H2. The van der Waals surface area contributed by atoms with Crippen LogP contribution in [0.2, 0.25) is 0 Å². The van der Waals surface area contributed by atoms with E-state index in [-0.39, 0.29) is 6.29 Å². The summed E-state index contributed by atoms with van der Waals surface area (Å²) in [5.74, 6) is 1.31. The molecule has 1 atom stereocenters. The van der Waals surface area contributed by atoms with Crippen molar-refractivity contribution in [3.05, 3.63) is 33.8 Å². The lowest BCUT2D eigenvalue weighted by molar-refractivity contribution is -0.183. The van der Waals surface area contributed by atoms with E-state index in [2.05, 4.69) is 72.9 Å². The lowest BCUT2D eigenvalue weighted by atomic mass is 9.86. The molecule has 3 N–H and O–H groups in total. The van der Waals surface area contributed by atoms with Gasteiger partial charge in [-0.2, -0.15) is 0 Å². The van der Waals surface area contributed by atoms with E-state index >= 15 is 0 Å². The van der Waals surface area contributed by atoms with E-state index in [4.69, 9.17) is 14.2 Å². The molecule has 0 aromatic heterocycles. The van der Waals surface area contributed by atoms with E-state index in [1.54, 1.807) is 0 Å². The Kier molecular flexibility index (Phi) is 14.5.